The van der Waals surface area contributed by atoms with Crippen molar-refractivity contribution in [2.45, 2.75) is 26.9 Å². The molecule has 1 atom stereocenters. The van der Waals surface area contributed by atoms with Crippen molar-refractivity contribution in [3.05, 3.63) is 29.8 Å². The molecule has 0 aromatic heterocycles. The lowest BCUT2D eigenvalue weighted by Crippen LogP contribution is -2.40. The van der Waals surface area contributed by atoms with E-state index in [0.29, 0.717) is 31.6 Å². The summed E-state index contributed by atoms with van der Waals surface area (Å²) in [5.74, 6) is -0.470. The smallest absolute Gasteiger partial charge is 0.191 e. The van der Waals surface area contributed by atoms with Gasteiger partial charge in [0, 0.05) is 19.2 Å². The maximum absolute atomic E-state index is 13.5. The summed E-state index contributed by atoms with van der Waals surface area (Å²) in [6.07, 6.45) is -0.686. The summed E-state index contributed by atoms with van der Waals surface area (Å²) >= 11 is 0. The summed E-state index contributed by atoms with van der Waals surface area (Å²) in [5.41, 5.74) is 0. The van der Waals surface area contributed by atoms with Crippen LogP contribution in [-0.4, -0.2) is 56.6 Å². The molecule has 3 N–H and O–H groups in total. The molecule has 0 saturated carbocycles. The molecule has 26 heavy (non-hydrogen) atoms. The lowest BCUT2D eigenvalue weighted by Gasteiger charge is -2.14. The Morgan fingerprint density at radius 2 is 2.00 bits per heavy atom. The molecule has 0 fully saturated rings. The first-order valence-electron chi connectivity index (χ1n) is 8.78. The van der Waals surface area contributed by atoms with Gasteiger partial charge in [-0.25, -0.2) is 8.78 Å². The summed E-state index contributed by atoms with van der Waals surface area (Å²) in [6, 6.07) is 3.16. The molecular weight excluding hydrogens is 344 g/mol. The number of aliphatic hydroxyl groups is 1. The van der Waals surface area contributed by atoms with Crippen LogP contribution in [0.4, 0.5) is 8.78 Å². The molecule has 0 radical (unpaired) electrons. The zero-order chi connectivity index (χ0) is 19.4. The Balaban J connectivity index is 2.34. The lowest BCUT2D eigenvalue weighted by molar-refractivity contribution is 0.0301. The van der Waals surface area contributed by atoms with E-state index in [4.69, 9.17) is 9.47 Å². The molecule has 1 aromatic rings. The highest BCUT2D eigenvalue weighted by molar-refractivity contribution is 5.79. The largest absolute Gasteiger partial charge is 0.489 e. The molecule has 0 spiro atoms. The van der Waals surface area contributed by atoms with Crippen molar-refractivity contribution in [2.75, 3.05) is 39.5 Å². The minimum absolute atomic E-state index is 0.00661. The van der Waals surface area contributed by atoms with E-state index < -0.39 is 17.7 Å². The van der Waals surface area contributed by atoms with Crippen molar-refractivity contribution in [3.63, 3.8) is 0 Å². The zero-order valence-electron chi connectivity index (χ0n) is 15.6. The predicted octanol–water partition coefficient (Wildman–Crippen LogP) is 1.93. The molecule has 1 aromatic carbocycles. The average Bonchev–Trinajstić information content (AvgIpc) is 2.57. The molecule has 0 amide bonds. The minimum atomic E-state index is -0.741. The molecular formula is C18H29F2N3O3. The van der Waals surface area contributed by atoms with Gasteiger partial charge in [0.05, 0.1) is 25.8 Å². The second kappa shape index (κ2) is 12.4. The van der Waals surface area contributed by atoms with Gasteiger partial charge in [-0.1, -0.05) is 13.8 Å². The standard InChI is InChI=1S/C18H29F2N3O3/c1-4-21-18(23-10-15(24)12-25-11-13(2)3)22-7-8-26-17-6-5-14(19)9-16(17)20/h5-6,9,13,15,24H,4,7-8,10-12H2,1-3H3,(H2,21,22,23). The van der Waals surface area contributed by atoms with Gasteiger partial charge in [0.25, 0.3) is 0 Å². The quantitative estimate of drug-likeness (QED) is 0.314. The van der Waals surface area contributed by atoms with Gasteiger partial charge in [-0.15, -0.1) is 0 Å². The molecule has 0 aliphatic rings. The molecule has 0 bridgehead atoms. The number of nitrogens with one attached hydrogen (secondary N) is 2. The summed E-state index contributed by atoms with van der Waals surface area (Å²) < 4.78 is 36.9. The van der Waals surface area contributed by atoms with E-state index in [0.717, 1.165) is 12.1 Å². The molecule has 0 aliphatic heterocycles. The van der Waals surface area contributed by atoms with Crippen LogP contribution in [0.2, 0.25) is 0 Å². The number of ether oxygens (including phenoxy) is 2. The van der Waals surface area contributed by atoms with E-state index in [2.05, 4.69) is 15.6 Å². The predicted molar refractivity (Wildman–Crippen MR) is 97.5 cm³/mol. The van der Waals surface area contributed by atoms with Crippen LogP contribution < -0.4 is 15.4 Å². The number of hydrogen-bond acceptors (Lipinski definition) is 4. The van der Waals surface area contributed by atoms with Crippen molar-refractivity contribution in [1.82, 2.24) is 10.6 Å². The van der Waals surface area contributed by atoms with E-state index in [1.807, 2.05) is 20.8 Å². The van der Waals surface area contributed by atoms with Crippen LogP contribution in [0.15, 0.2) is 23.2 Å². The summed E-state index contributed by atoms with van der Waals surface area (Å²) in [7, 11) is 0. The molecule has 0 saturated heterocycles. The number of halogens is 2. The Morgan fingerprint density at radius 1 is 1.23 bits per heavy atom. The lowest BCUT2D eigenvalue weighted by atomic mass is 10.2. The summed E-state index contributed by atoms with van der Waals surface area (Å²) in [4.78, 5) is 4.27. The fourth-order valence-electron chi connectivity index (χ4n) is 1.95. The Bertz CT molecular complexity index is 556. The highest BCUT2D eigenvalue weighted by Gasteiger charge is 2.07. The molecule has 6 nitrogen and oxygen atoms in total. The molecule has 0 aliphatic carbocycles. The van der Waals surface area contributed by atoms with E-state index in [1.54, 1.807) is 0 Å². The maximum atomic E-state index is 13.5. The summed E-state index contributed by atoms with van der Waals surface area (Å²) in [5, 5.41) is 15.9. The third kappa shape index (κ3) is 9.53. The van der Waals surface area contributed by atoms with E-state index in [9.17, 15) is 13.9 Å². The third-order valence-corrected chi connectivity index (χ3v) is 3.11. The van der Waals surface area contributed by atoms with Crippen molar-refractivity contribution in [3.8, 4) is 5.75 Å². The van der Waals surface area contributed by atoms with Crippen LogP contribution in [-0.2, 0) is 4.74 Å². The third-order valence-electron chi connectivity index (χ3n) is 3.11. The van der Waals surface area contributed by atoms with Crippen molar-refractivity contribution in [1.29, 1.82) is 0 Å². The monoisotopic (exact) mass is 373 g/mol. The number of benzene rings is 1. The molecule has 1 rings (SSSR count). The highest BCUT2D eigenvalue weighted by atomic mass is 19.1. The number of nitrogens with zero attached hydrogens (tertiary/aromatic N) is 1. The average molecular weight is 373 g/mol. The van der Waals surface area contributed by atoms with Gasteiger partial charge >= 0.3 is 0 Å². The van der Waals surface area contributed by atoms with Crippen LogP contribution in [0.1, 0.15) is 20.8 Å². The molecule has 0 heterocycles. The minimum Gasteiger partial charge on any atom is -0.489 e. The van der Waals surface area contributed by atoms with Crippen molar-refractivity contribution >= 4 is 5.96 Å². The number of guanidine groups is 1. The van der Waals surface area contributed by atoms with Gasteiger partial charge in [0.2, 0.25) is 0 Å². The van der Waals surface area contributed by atoms with Gasteiger partial charge in [-0.05, 0) is 25.0 Å². The number of hydrogen-bond donors (Lipinski definition) is 3. The van der Waals surface area contributed by atoms with E-state index in [1.165, 1.54) is 6.07 Å². The van der Waals surface area contributed by atoms with Crippen LogP contribution in [0.25, 0.3) is 0 Å². The number of rotatable bonds is 11. The van der Waals surface area contributed by atoms with Crippen LogP contribution >= 0.6 is 0 Å². The normalized spacial score (nSPS) is 13.0. The Morgan fingerprint density at radius 3 is 2.65 bits per heavy atom. The van der Waals surface area contributed by atoms with E-state index >= 15 is 0 Å². The second-order valence-corrected chi connectivity index (χ2v) is 6.15. The van der Waals surface area contributed by atoms with Crippen molar-refractivity contribution in [2.24, 2.45) is 10.9 Å². The molecule has 8 heteroatoms. The van der Waals surface area contributed by atoms with Gasteiger partial charge < -0.3 is 25.2 Å². The van der Waals surface area contributed by atoms with Gasteiger partial charge in [-0.2, -0.15) is 0 Å². The fourth-order valence-corrected chi connectivity index (χ4v) is 1.95. The van der Waals surface area contributed by atoms with Crippen molar-refractivity contribution < 1.29 is 23.4 Å². The zero-order valence-corrected chi connectivity index (χ0v) is 15.6. The molecule has 148 valence electrons. The fraction of sp³-hybridized carbons (Fsp3) is 0.611. The summed E-state index contributed by atoms with van der Waals surface area (Å²) in [6.45, 7) is 8.21. The van der Waals surface area contributed by atoms with Gasteiger partial charge in [0.15, 0.2) is 17.5 Å². The SMILES string of the molecule is CCNC(=NCC(O)COCC(C)C)NCCOc1ccc(F)cc1F. The first-order valence-corrected chi connectivity index (χ1v) is 8.78. The Hall–Kier alpha value is -1.93. The van der Waals surface area contributed by atoms with Gasteiger partial charge in [-0.3, -0.25) is 4.99 Å². The Kier molecular flexibility index (Phi) is 10.6. The maximum Gasteiger partial charge on any atom is 0.191 e. The highest BCUT2D eigenvalue weighted by Crippen LogP contribution is 2.17. The van der Waals surface area contributed by atoms with Crippen LogP contribution in [0.3, 0.4) is 0 Å². The van der Waals surface area contributed by atoms with Gasteiger partial charge in [0.1, 0.15) is 12.4 Å². The molecule has 1 unspecified atom stereocenters. The number of aliphatic hydroxyl groups excluding tert-OH is 1. The van der Waals surface area contributed by atoms with Crippen LogP contribution in [0, 0.1) is 17.6 Å². The van der Waals surface area contributed by atoms with E-state index in [-0.39, 0.29) is 25.5 Å². The Labute approximate surface area is 153 Å². The number of aliphatic imine (C=N–C) groups is 1. The first kappa shape index (κ1) is 22.1. The first-order chi connectivity index (χ1) is 12.4. The van der Waals surface area contributed by atoms with Crippen LogP contribution in [0.5, 0.6) is 5.75 Å². The second-order valence-electron chi connectivity index (χ2n) is 6.15. The topological polar surface area (TPSA) is 75.1 Å².